The molecule has 2 fully saturated rings. The first-order valence-corrected chi connectivity index (χ1v) is 13.1. The summed E-state index contributed by atoms with van der Waals surface area (Å²) < 4.78 is 12.7. The summed E-state index contributed by atoms with van der Waals surface area (Å²) in [7, 11) is 0. The molecule has 0 atom stereocenters. The minimum Gasteiger partial charge on any atom is -0.195 e. The van der Waals surface area contributed by atoms with Gasteiger partial charge in [0.25, 0.3) is 0 Å². The molecule has 0 amide bonds. The highest BCUT2D eigenvalue weighted by Gasteiger charge is 2.23. The fourth-order valence-electron chi connectivity index (χ4n) is 5.91. The summed E-state index contributed by atoms with van der Waals surface area (Å²) in [5.74, 6) is 2.64. The molecular weight excluding hydrogens is 407 g/mol. The third-order valence-corrected chi connectivity index (χ3v) is 8.03. The molecule has 0 unspecified atom stereocenters. The Balaban J connectivity index is 1.22. The Morgan fingerprint density at radius 1 is 0.818 bits per heavy atom. The zero-order chi connectivity index (χ0) is 23.3. The van der Waals surface area contributed by atoms with Crippen molar-refractivity contribution in [2.45, 2.75) is 95.8 Å². The first kappa shape index (κ1) is 25.2. The van der Waals surface area contributed by atoms with E-state index >= 15 is 0 Å². The lowest BCUT2D eigenvalue weighted by molar-refractivity contribution is 0.244. The number of allylic oxidation sites excluding steroid dienone is 4. The molecule has 1 aromatic carbocycles. The van der Waals surface area contributed by atoms with Crippen LogP contribution in [0.5, 0.6) is 0 Å². The molecule has 176 valence electrons. The molecule has 0 N–H and O–H groups in total. The lowest BCUT2D eigenvalue weighted by atomic mass is 9.76. The Morgan fingerprint density at radius 3 is 1.91 bits per heavy atom. The van der Waals surface area contributed by atoms with E-state index in [0.717, 1.165) is 29.7 Å². The topological polar surface area (TPSA) is 47.6 Å². The minimum atomic E-state index is -0.720. The van der Waals surface area contributed by atoms with Crippen LogP contribution in [0, 0.1) is 40.4 Å². The summed E-state index contributed by atoms with van der Waals surface area (Å²) in [6.07, 6.45) is 23.5. The summed E-state index contributed by atoms with van der Waals surface area (Å²) in [5.41, 5.74) is 2.18. The molecule has 0 radical (unpaired) electrons. The average Bonchev–Trinajstić information content (AvgIpc) is 2.87. The van der Waals surface area contributed by atoms with Crippen LogP contribution in [0.1, 0.15) is 107 Å². The SMILES string of the molecule is N#CC(F)=CC=CCC[C@H]1CC[C@H](CCCC[C@H]2CC[C@H](c3ccc(C#N)cc3)CC2)CC1. The van der Waals surface area contributed by atoms with Crippen molar-refractivity contribution in [1.82, 2.24) is 0 Å². The summed E-state index contributed by atoms with van der Waals surface area (Å²) in [6, 6.07) is 11.9. The molecule has 3 heteroatoms. The van der Waals surface area contributed by atoms with Gasteiger partial charge in [0.15, 0.2) is 5.83 Å². The molecular formula is C30H39FN2. The van der Waals surface area contributed by atoms with Crippen LogP contribution in [0.15, 0.2) is 48.3 Å². The fraction of sp³-hybridized carbons (Fsp3) is 0.600. The summed E-state index contributed by atoms with van der Waals surface area (Å²) >= 11 is 0. The van der Waals surface area contributed by atoms with Crippen LogP contribution in [0.25, 0.3) is 0 Å². The number of nitrogens with zero attached hydrogens (tertiary/aromatic N) is 2. The lowest BCUT2D eigenvalue weighted by Gasteiger charge is -2.30. The molecule has 2 aliphatic carbocycles. The largest absolute Gasteiger partial charge is 0.199 e. The first-order chi connectivity index (χ1) is 16.2. The smallest absolute Gasteiger partial charge is 0.195 e. The van der Waals surface area contributed by atoms with E-state index in [1.54, 1.807) is 6.08 Å². The van der Waals surface area contributed by atoms with Crippen LogP contribution < -0.4 is 0 Å². The van der Waals surface area contributed by atoms with E-state index in [-0.39, 0.29) is 0 Å². The molecule has 0 saturated heterocycles. The van der Waals surface area contributed by atoms with E-state index in [2.05, 4.69) is 18.2 Å². The van der Waals surface area contributed by atoms with Crippen molar-refractivity contribution in [2.75, 3.05) is 0 Å². The van der Waals surface area contributed by atoms with Gasteiger partial charge < -0.3 is 0 Å². The van der Waals surface area contributed by atoms with E-state index in [1.807, 2.05) is 18.2 Å². The molecule has 0 aliphatic heterocycles. The second kappa shape index (κ2) is 14.0. The van der Waals surface area contributed by atoms with E-state index in [4.69, 9.17) is 10.5 Å². The maximum absolute atomic E-state index is 12.7. The van der Waals surface area contributed by atoms with Gasteiger partial charge in [-0.3, -0.25) is 0 Å². The van der Waals surface area contributed by atoms with Crippen molar-refractivity contribution in [1.29, 1.82) is 10.5 Å². The number of benzene rings is 1. The summed E-state index contributed by atoms with van der Waals surface area (Å²) in [4.78, 5) is 0. The molecule has 2 nitrogen and oxygen atoms in total. The van der Waals surface area contributed by atoms with Gasteiger partial charge in [0.1, 0.15) is 6.07 Å². The van der Waals surface area contributed by atoms with E-state index in [1.165, 1.54) is 101 Å². The van der Waals surface area contributed by atoms with E-state index in [9.17, 15) is 4.39 Å². The van der Waals surface area contributed by atoms with Crippen molar-refractivity contribution in [3.8, 4) is 12.1 Å². The fourth-order valence-corrected chi connectivity index (χ4v) is 5.91. The molecule has 0 aromatic heterocycles. The van der Waals surface area contributed by atoms with Gasteiger partial charge in [-0.1, -0.05) is 75.7 Å². The van der Waals surface area contributed by atoms with Crippen molar-refractivity contribution < 1.29 is 4.39 Å². The minimum absolute atomic E-state index is 0.690. The van der Waals surface area contributed by atoms with Gasteiger partial charge >= 0.3 is 0 Å². The van der Waals surface area contributed by atoms with Crippen LogP contribution in [-0.4, -0.2) is 0 Å². The number of unbranched alkanes of at least 4 members (excludes halogenated alkanes) is 1. The number of halogens is 1. The van der Waals surface area contributed by atoms with Crippen LogP contribution in [0.3, 0.4) is 0 Å². The predicted molar refractivity (Wildman–Crippen MR) is 133 cm³/mol. The molecule has 2 saturated carbocycles. The number of hydrogen-bond acceptors (Lipinski definition) is 2. The number of nitriles is 2. The number of hydrogen-bond donors (Lipinski definition) is 0. The van der Waals surface area contributed by atoms with Gasteiger partial charge in [-0.05, 0) is 86.0 Å². The highest BCUT2D eigenvalue weighted by molar-refractivity contribution is 5.33. The maximum Gasteiger partial charge on any atom is 0.199 e. The Labute approximate surface area is 200 Å². The zero-order valence-corrected chi connectivity index (χ0v) is 20.0. The van der Waals surface area contributed by atoms with Gasteiger partial charge in [-0.25, -0.2) is 0 Å². The second-order valence-corrected chi connectivity index (χ2v) is 10.3. The summed E-state index contributed by atoms with van der Waals surface area (Å²) in [6.45, 7) is 0. The van der Waals surface area contributed by atoms with Crippen molar-refractivity contribution in [3.63, 3.8) is 0 Å². The molecule has 0 spiro atoms. The Kier molecular flexibility index (Phi) is 10.7. The zero-order valence-electron chi connectivity index (χ0n) is 20.0. The summed E-state index contributed by atoms with van der Waals surface area (Å²) in [5, 5.41) is 17.4. The van der Waals surface area contributed by atoms with Crippen LogP contribution in [0.2, 0.25) is 0 Å². The van der Waals surface area contributed by atoms with E-state index in [0.29, 0.717) is 5.92 Å². The Bertz CT molecular complexity index is 839. The van der Waals surface area contributed by atoms with Crippen molar-refractivity contribution >= 4 is 0 Å². The first-order valence-electron chi connectivity index (χ1n) is 13.1. The standard InChI is InChI=1S/C30H39FN2/c31-30(23-33)9-3-1-2-6-24-10-12-25(13-11-24)7-4-5-8-26-14-18-28(19-15-26)29-20-16-27(22-32)17-21-29/h1,3,9,16-17,20-21,24-26,28H,2,4-8,10-15,18-19H2/t24-,25-,26-,28-. The van der Waals surface area contributed by atoms with Gasteiger partial charge in [0, 0.05) is 0 Å². The van der Waals surface area contributed by atoms with Gasteiger partial charge in [0.05, 0.1) is 11.6 Å². The molecule has 1 aromatic rings. The quantitative estimate of drug-likeness (QED) is 0.205. The molecule has 2 aliphatic rings. The lowest BCUT2D eigenvalue weighted by Crippen LogP contribution is -2.15. The normalized spacial score (nSPS) is 26.1. The van der Waals surface area contributed by atoms with Gasteiger partial charge in [-0.15, -0.1) is 0 Å². The molecule has 33 heavy (non-hydrogen) atoms. The van der Waals surface area contributed by atoms with Gasteiger partial charge in [0.2, 0.25) is 0 Å². The second-order valence-electron chi connectivity index (χ2n) is 10.3. The Hall–Kier alpha value is -2.39. The number of rotatable bonds is 10. The van der Waals surface area contributed by atoms with Crippen LogP contribution in [0.4, 0.5) is 4.39 Å². The van der Waals surface area contributed by atoms with Gasteiger partial charge in [-0.2, -0.15) is 14.9 Å². The average molecular weight is 447 g/mol. The maximum atomic E-state index is 12.7. The Morgan fingerprint density at radius 2 is 1.36 bits per heavy atom. The third kappa shape index (κ3) is 8.81. The predicted octanol–water partition coefficient (Wildman–Crippen LogP) is 8.91. The van der Waals surface area contributed by atoms with Crippen LogP contribution >= 0.6 is 0 Å². The monoisotopic (exact) mass is 446 g/mol. The highest BCUT2D eigenvalue weighted by atomic mass is 19.1. The van der Waals surface area contributed by atoms with Crippen LogP contribution in [-0.2, 0) is 0 Å². The van der Waals surface area contributed by atoms with Crippen molar-refractivity contribution in [2.24, 2.45) is 17.8 Å². The molecule has 0 heterocycles. The molecule has 0 bridgehead atoms. The van der Waals surface area contributed by atoms with E-state index < -0.39 is 5.83 Å². The highest BCUT2D eigenvalue weighted by Crippen LogP contribution is 2.38. The third-order valence-electron chi connectivity index (χ3n) is 8.03. The van der Waals surface area contributed by atoms with Crippen molar-refractivity contribution in [3.05, 3.63) is 59.4 Å². The molecule has 3 rings (SSSR count).